The Morgan fingerprint density at radius 1 is 0.852 bits per heavy atom. The summed E-state index contributed by atoms with van der Waals surface area (Å²) in [5.41, 5.74) is 4.65. The molecule has 1 amide bonds. The van der Waals surface area contributed by atoms with E-state index in [0.29, 0.717) is 6.54 Å². The van der Waals surface area contributed by atoms with Crippen molar-refractivity contribution in [1.82, 2.24) is 5.32 Å². The maximum absolute atomic E-state index is 13.0. The van der Waals surface area contributed by atoms with Gasteiger partial charge in [0.05, 0.1) is 12.6 Å². The number of benzene rings is 3. The first-order chi connectivity index (χ1) is 13.3. The van der Waals surface area contributed by atoms with Gasteiger partial charge in [0.15, 0.2) is 0 Å². The standard InChI is InChI=1S/C24H24N2O/c27-23(26-17-9-15-19-10-7-8-16-22(19)26)18-25-24(20-11-3-1-4-12-20)21-13-5-2-6-14-21/h1-8,10-14,16,24-25H,9,15,17-18H2. The minimum absolute atomic E-state index is 0.00335. The van der Waals surface area contributed by atoms with Crippen molar-refractivity contribution in [2.45, 2.75) is 18.9 Å². The van der Waals surface area contributed by atoms with E-state index in [1.54, 1.807) is 0 Å². The second kappa shape index (κ2) is 8.19. The lowest BCUT2D eigenvalue weighted by molar-refractivity contribution is -0.118. The molecule has 0 bridgehead atoms. The number of carbonyl (C=O) groups is 1. The van der Waals surface area contributed by atoms with Crippen LogP contribution in [0.25, 0.3) is 0 Å². The summed E-state index contributed by atoms with van der Waals surface area (Å²) in [4.78, 5) is 14.9. The highest BCUT2D eigenvalue weighted by molar-refractivity contribution is 5.96. The first-order valence-electron chi connectivity index (χ1n) is 9.54. The molecule has 0 fully saturated rings. The Kier molecular flexibility index (Phi) is 5.31. The summed E-state index contributed by atoms with van der Waals surface area (Å²) in [6, 6.07) is 28.8. The summed E-state index contributed by atoms with van der Waals surface area (Å²) in [6.07, 6.45) is 2.06. The zero-order valence-corrected chi connectivity index (χ0v) is 15.3. The molecule has 0 radical (unpaired) electrons. The number of fused-ring (bicyclic) bond motifs is 1. The van der Waals surface area contributed by atoms with E-state index in [1.165, 1.54) is 5.56 Å². The highest BCUT2D eigenvalue weighted by atomic mass is 16.2. The fourth-order valence-corrected chi connectivity index (χ4v) is 3.80. The second-order valence-corrected chi connectivity index (χ2v) is 6.91. The topological polar surface area (TPSA) is 32.3 Å². The van der Waals surface area contributed by atoms with Crippen molar-refractivity contribution in [2.24, 2.45) is 0 Å². The van der Waals surface area contributed by atoms with E-state index in [9.17, 15) is 4.79 Å². The summed E-state index contributed by atoms with van der Waals surface area (Å²) in [7, 11) is 0. The predicted molar refractivity (Wildman–Crippen MR) is 110 cm³/mol. The lowest BCUT2D eigenvalue weighted by atomic mass is 9.98. The van der Waals surface area contributed by atoms with Gasteiger partial charge in [0.1, 0.15) is 0 Å². The van der Waals surface area contributed by atoms with Gasteiger partial charge in [-0.05, 0) is 35.6 Å². The molecule has 136 valence electrons. The lowest BCUT2D eigenvalue weighted by Gasteiger charge is -2.30. The van der Waals surface area contributed by atoms with Crippen LogP contribution in [0.15, 0.2) is 84.9 Å². The number of hydrogen-bond acceptors (Lipinski definition) is 2. The number of aryl methyl sites for hydroxylation is 1. The number of anilines is 1. The van der Waals surface area contributed by atoms with Gasteiger partial charge in [-0.2, -0.15) is 0 Å². The van der Waals surface area contributed by atoms with Crippen molar-refractivity contribution in [1.29, 1.82) is 0 Å². The van der Waals surface area contributed by atoms with Crippen molar-refractivity contribution >= 4 is 11.6 Å². The molecule has 3 aromatic carbocycles. The minimum Gasteiger partial charge on any atom is -0.311 e. The Morgan fingerprint density at radius 3 is 2.11 bits per heavy atom. The minimum atomic E-state index is -0.00335. The third-order valence-corrected chi connectivity index (χ3v) is 5.13. The normalized spacial score (nSPS) is 13.4. The SMILES string of the molecule is O=C(CNC(c1ccccc1)c1ccccc1)N1CCCc2ccccc21. The molecular formula is C24H24N2O. The molecule has 0 saturated carbocycles. The summed E-state index contributed by atoms with van der Waals surface area (Å²) in [5, 5.41) is 3.49. The van der Waals surface area contributed by atoms with Gasteiger partial charge in [-0.15, -0.1) is 0 Å². The lowest BCUT2D eigenvalue weighted by Crippen LogP contribution is -2.42. The summed E-state index contributed by atoms with van der Waals surface area (Å²) in [6.45, 7) is 1.10. The third kappa shape index (κ3) is 3.93. The van der Waals surface area contributed by atoms with E-state index >= 15 is 0 Å². The van der Waals surface area contributed by atoms with E-state index in [1.807, 2.05) is 53.4 Å². The molecule has 4 rings (SSSR count). The molecule has 0 unspecified atom stereocenters. The maximum Gasteiger partial charge on any atom is 0.240 e. The predicted octanol–water partition coefficient (Wildman–Crippen LogP) is 4.35. The van der Waals surface area contributed by atoms with Crippen LogP contribution >= 0.6 is 0 Å². The number of carbonyl (C=O) groups excluding carboxylic acids is 1. The molecule has 0 atom stereocenters. The summed E-state index contributed by atoms with van der Waals surface area (Å²) < 4.78 is 0. The van der Waals surface area contributed by atoms with Gasteiger partial charge in [-0.25, -0.2) is 0 Å². The fraction of sp³-hybridized carbons (Fsp3) is 0.208. The van der Waals surface area contributed by atoms with Crippen LogP contribution in [0.5, 0.6) is 0 Å². The largest absolute Gasteiger partial charge is 0.311 e. The van der Waals surface area contributed by atoms with Crippen molar-refractivity contribution in [3.05, 3.63) is 102 Å². The average Bonchev–Trinajstić information content (AvgIpc) is 2.75. The monoisotopic (exact) mass is 356 g/mol. The number of nitrogens with one attached hydrogen (secondary N) is 1. The molecule has 3 heteroatoms. The Labute approximate surface area is 160 Å². The Bertz CT molecular complexity index is 853. The van der Waals surface area contributed by atoms with Gasteiger partial charge >= 0.3 is 0 Å². The van der Waals surface area contributed by atoms with E-state index in [-0.39, 0.29) is 11.9 Å². The fourth-order valence-electron chi connectivity index (χ4n) is 3.80. The van der Waals surface area contributed by atoms with Crippen LogP contribution in [0, 0.1) is 0 Å². The van der Waals surface area contributed by atoms with Gasteiger partial charge in [0.25, 0.3) is 0 Å². The Balaban J connectivity index is 1.53. The first kappa shape index (κ1) is 17.5. The van der Waals surface area contributed by atoms with Crippen LogP contribution in [-0.2, 0) is 11.2 Å². The van der Waals surface area contributed by atoms with E-state index in [2.05, 4.69) is 41.7 Å². The van der Waals surface area contributed by atoms with Gasteiger partial charge in [-0.1, -0.05) is 78.9 Å². The van der Waals surface area contributed by atoms with Crippen LogP contribution in [0.2, 0.25) is 0 Å². The third-order valence-electron chi connectivity index (χ3n) is 5.13. The Hall–Kier alpha value is -2.91. The molecule has 3 nitrogen and oxygen atoms in total. The van der Waals surface area contributed by atoms with Gasteiger partial charge < -0.3 is 4.90 Å². The highest BCUT2D eigenvalue weighted by Gasteiger charge is 2.23. The van der Waals surface area contributed by atoms with E-state index < -0.39 is 0 Å². The van der Waals surface area contributed by atoms with Crippen molar-refractivity contribution in [2.75, 3.05) is 18.0 Å². The zero-order chi connectivity index (χ0) is 18.5. The zero-order valence-electron chi connectivity index (χ0n) is 15.3. The van der Waals surface area contributed by atoms with Crippen LogP contribution < -0.4 is 10.2 Å². The second-order valence-electron chi connectivity index (χ2n) is 6.91. The number of para-hydroxylation sites is 1. The molecule has 1 aliphatic heterocycles. The molecule has 0 aromatic heterocycles. The molecule has 0 aliphatic carbocycles. The number of amides is 1. The van der Waals surface area contributed by atoms with Crippen molar-refractivity contribution in [3.63, 3.8) is 0 Å². The molecule has 0 spiro atoms. The highest BCUT2D eigenvalue weighted by Crippen LogP contribution is 2.27. The van der Waals surface area contributed by atoms with Crippen LogP contribution in [0.3, 0.4) is 0 Å². The Morgan fingerprint density at radius 2 is 1.44 bits per heavy atom. The molecule has 1 N–H and O–H groups in total. The van der Waals surface area contributed by atoms with Crippen LogP contribution in [0.4, 0.5) is 5.69 Å². The molecule has 1 aliphatic rings. The quantitative estimate of drug-likeness (QED) is 0.737. The maximum atomic E-state index is 13.0. The number of nitrogens with zero attached hydrogens (tertiary/aromatic N) is 1. The van der Waals surface area contributed by atoms with Crippen molar-refractivity contribution < 1.29 is 4.79 Å². The number of hydrogen-bond donors (Lipinski definition) is 1. The summed E-state index contributed by atoms with van der Waals surface area (Å²) >= 11 is 0. The van der Waals surface area contributed by atoms with Gasteiger partial charge in [0, 0.05) is 12.2 Å². The molecule has 3 aromatic rings. The van der Waals surface area contributed by atoms with E-state index in [4.69, 9.17) is 0 Å². The first-order valence-corrected chi connectivity index (χ1v) is 9.54. The molecule has 1 heterocycles. The summed E-state index contributed by atoms with van der Waals surface area (Å²) in [5.74, 6) is 0.124. The molecular weight excluding hydrogens is 332 g/mol. The molecule has 27 heavy (non-hydrogen) atoms. The molecule has 0 saturated heterocycles. The average molecular weight is 356 g/mol. The number of rotatable bonds is 5. The smallest absolute Gasteiger partial charge is 0.240 e. The van der Waals surface area contributed by atoms with Gasteiger partial charge in [-0.3, -0.25) is 10.1 Å². The van der Waals surface area contributed by atoms with Crippen LogP contribution in [-0.4, -0.2) is 19.0 Å². The van der Waals surface area contributed by atoms with Gasteiger partial charge in [0.2, 0.25) is 5.91 Å². The van der Waals surface area contributed by atoms with Crippen molar-refractivity contribution in [3.8, 4) is 0 Å². The van der Waals surface area contributed by atoms with Crippen LogP contribution in [0.1, 0.15) is 29.2 Å². The van der Waals surface area contributed by atoms with E-state index in [0.717, 1.165) is 36.2 Å².